The first-order valence-corrected chi connectivity index (χ1v) is 9.52. The standard InChI is InChI=1S/C21H31N3O3.HI/c1-3-22-20(24-17-21(2,25)19-11-7-15-27-19)23-13-8-14-26-16-12-18-9-5-4-6-10-18;/h4-7,9-11,15,25H,3,8,12-14,16-17H2,1-2H3,(H2,22,23,24);1H. The molecule has 0 spiro atoms. The maximum absolute atomic E-state index is 10.5. The molecule has 1 atom stereocenters. The number of rotatable bonds is 11. The third-order valence-electron chi connectivity index (χ3n) is 4.08. The van der Waals surface area contributed by atoms with E-state index in [2.05, 4.69) is 27.8 Å². The van der Waals surface area contributed by atoms with Crippen LogP contribution in [0.15, 0.2) is 58.1 Å². The minimum atomic E-state index is -1.13. The van der Waals surface area contributed by atoms with Crippen LogP contribution in [0.2, 0.25) is 0 Å². The molecular weight excluding hydrogens is 469 g/mol. The highest BCUT2D eigenvalue weighted by atomic mass is 127. The van der Waals surface area contributed by atoms with Gasteiger partial charge in [0.05, 0.1) is 19.4 Å². The van der Waals surface area contributed by atoms with Crippen molar-refractivity contribution in [2.24, 2.45) is 4.99 Å². The Morgan fingerprint density at radius 3 is 2.61 bits per heavy atom. The van der Waals surface area contributed by atoms with E-state index in [1.165, 1.54) is 5.56 Å². The molecule has 1 aromatic heterocycles. The van der Waals surface area contributed by atoms with Crippen LogP contribution in [0, 0.1) is 0 Å². The summed E-state index contributed by atoms with van der Waals surface area (Å²) in [7, 11) is 0. The lowest BCUT2D eigenvalue weighted by Gasteiger charge is -2.19. The molecule has 156 valence electrons. The molecule has 0 aliphatic rings. The highest BCUT2D eigenvalue weighted by Gasteiger charge is 2.25. The van der Waals surface area contributed by atoms with Gasteiger partial charge in [-0.05, 0) is 44.4 Å². The zero-order valence-electron chi connectivity index (χ0n) is 16.7. The van der Waals surface area contributed by atoms with Crippen molar-refractivity contribution >= 4 is 29.9 Å². The molecule has 0 saturated heterocycles. The normalized spacial score (nSPS) is 13.5. The number of ether oxygens (including phenoxy) is 1. The molecule has 1 heterocycles. The number of aliphatic hydroxyl groups is 1. The fourth-order valence-electron chi connectivity index (χ4n) is 2.56. The fourth-order valence-corrected chi connectivity index (χ4v) is 2.56. The third kappa shape index (κ3) is 9.07. The topological polar surface area (TPSA) is 79.0 Å². The van der Waals surface area contributed by atoms with E-state index < -0.39 is 5.60 Å². The number of benzene rings is 1. The molecular formula is C21H32IN3O3. The van der Waals surface area contributed by atoms with Crippen molar-refractivity contribution in [3.8, 4) is 0 Å². The number of furan rings is 1. The number of hydrogen-bond donors (Lipinski definition) is 3. The number of aliphatic imine (C=N–C) groups is 1. The number of hydrogen-bond acceptors (Lipinski definition) is 4. The summed E-state index contributed by atoms with van der Waals surface area (Å²) < 4.78 is 11.0. The van der Waals surface area contributed by atoms with Gasteiger partial charge < -0.3 is 24.9 Å². The largest absolute Gasteiger partial charge is 0.466 e. The van der Waals surface area contributed by atoms with E-state index in [1.807, 2.05) is 25.1 Å². The van der Waals surface area contributed by atoms with Gasteiger partial charge >= 0.3 is 0 Å². The van der Waals surface area contributed by atoms with E-state index in [0.29, 0.717) is 18.3 Å². The smallest absolute Gasteiger partial charge is 0.191 e. The van der Waals surface area contributed by atoms with Crippen LogP contribution >= 0.6 is 24.0 Å². The summed E-state index contributed by atoms with van der Waals surface area (Å²) in [6, 6.07) is 13.8. The first-order valence-electron chi connectivity index (χ1n) is 9.52. The van der Waals surface area contributed by atoms with E-state index in [-0.39, 0.29) is 30.5 Å². The van der Waals surface area contributed by atoms with Crippen LogP contribution in [0.3, 0.4) is 0 Å². The van der Waals surface area contributed by atoms with Crippen LogP contribution in [0.25, 0.3) is 0 Å². The Balaban J connectivity index is 0.00000392. The van der Waals surface area contributed by atoms with Crippen molar-refractivity contribution in [1.82, 2.24) is 10.6 Å². The molecule has 0 amide bonds. The van der Waals surface area contributed by atoms with Gasteiger partial charge in [0.2, 0.25) is 0 Å². The van der Waals surface area contributed by atoms with E-state index in [1.54, 1.807) is 25.3 Å². The molecule has 28 heavy (non-hydrogen) atoms. The Hall–Kier alpha value is -1.58. The summed E-state index contributed by atoms with van der Waals surface area (Å²) in [5.41, 5.74) is 0.160. The lowest BCUT2D eigenvalue weighted by molar-refractivity contribution is 0.0437. The van der Waals surface area contributed by atoms with Crippen LogP contribution in [-0.4, -0.2) is 43.9 Å². The summed E-state index contributed by atoms with van der Waals surface area (Å²) in [6.45, 7) is 6.84. The Morgan fingerprint density at radius 1 is 1.14 bits per heavy atom. The zero-order valence-corrected chi connectivity index (χ0v) is 19.0. The van der Waals surface area contributed by atoms with Crippen LogP contribution in [0.1, 0.15) is 31.6 Å². The van der Waals surface area contributed by atoms with E-state index in [4.69, 9.17) is 9.15 Å². The molecule has 1 unspecified atom stereocenters. The zero-order chi connectivity index (χ0) is 19.4. The first kappa shape index (κ1) is 24.5. The Bertz CT molecular complexity index is 661. The molecule has 0 aliphatic carbocycles. The fraction of sp³-hybridized carbons (Fsp3) is 0.476. The Morgan fingerprint density at radius 2 is 1.93 bits per heavy atom. The molecule has 6 nitrogen and oxygen atoms in total. The predicted molar refractivity (Wildman–Crippen MR) is 123 cm³/mol. The molecule has 7 heteroatoms. The van der Waals surface area contributed by atoms with Crippen molar-refractivity contribution in [3.63, 3.8) is 0 Å². The maximum atomic E-state index is 10.5. The van der Waals surface area contributed by atoms with Crippen molar-refractivity contribution in [3.05, 3.63) is 60.1 Å². The van der Waals surface area contributed by atoms with Gasteiger partial charge in [-0.25, -0.2) is 4.99 Å². The van der Waals surface area contributed by atoms with Crippen LogP contribution in [0.5, 0.6) is 0 Å². The monoisotopic (exact) mass is 501 g/mol. The lowest BCUT2D eigenvalue weighted by Crippen LogP contribution is -2.39. The van der Waals surface area contributed by atoms with E-state index >= 15 is 0 Å². The number of halogens is 1. The number of guanidine groups is 1. The van der Waals surface area contributed by atoms with Gasteiger partial charge in [0.25, 0.3) is 0 Å². The van der Waals surface area contributed by atoms with Gasteiger partial charge in [0.15, 0.2) is 5.96 Å². The summed E-state index contributed by atoms with van der Waals surface area (Å²) in [6.07, 6.45) is 3.36. The Kier molecular flexibility index (Phi) is 11.9. The first-order chi connectivity index (χ1) is 13.1. The van der Waals surface area contributed by atoms with Gasteiger partial charge in [-0.1, -0.05) is 30.3 Å². The molecule has 0 saturated carbocycles. The number of nitrogens with zero attached hydrogens (tertiary/aromatic N) is 1. The SMILES string of the molecule is CCNC(=NCC(C)(O)c1ccco1)NCCCOCCc1ccccc1.I. The molecule has 2 rings (SSSR count). The minimum Gasteiger partial charge on any atom is -0.466 e. The molecule has 0 radical (unpaired) electrons. The van der Waals surface area contributed by atoms with Gasteiger partial charge in [-0.15, -0.1) is 24.0 Å². The summed E-state index contributed by atoms with van der Waals surface area (Å²) in [5, 5.41) is 16.9. The summed E-state index contributed by atoms with van der Waals surface area (Å²) >= 11 is 0. The highest BCUT2D eigenvalue weighted by Crippen LogP contribution is 2.20. The van der Waals surface area contributed by atoms with Crippen LogP contribution in [0.4, 0.5) is 0 Å². The minimum absolute atomic E-state index is 0. The molecule has 0 aliphatic heterocycles. The van der Waals surface area contributed by atoms with Gasteiger partial charge in [-0.3, -0.25) is 0 Å². The predicted octanol–water partition coefficient (Wildman–Crippen LogP) is 3.31. The number of nitrogens with one attached hydrogen (secondary N) is 2. The van der Waals surface area contributed by atoms with Crippen LogP contribution < -0.4 is 10.6 Å². The Labute approximate surface area is 184 Å². The quantitative estimate of drug-likeness (QED) is 0.191. The molecule has 3 N–H and O–H groups in total. The second-order valence-corrected chi connectivity index (χ2v) is 6.57. The summed E-state index contributed by atoms with van der Waals surface area (Å²) in [4.78, 5) is 4.46. The van der Waals surface area contributed by atoms with Gasteiger partial charge in [-0.2, -0.15) is 0 Å². The van der Waals surface area contributed by atoms with Crippen LogP contribution in [-0.2, 0) is 16.8 Å². The average Bonchev–Trinajstić information content (AvgIpc) is 3.22. The molecule has 1 aromatic carbocycles. The van der Waals surface area contributed by atoms with Gasteiger partial charge in [0.1, 0.15) is 11.4 Å². The van der Waals surface area contributed by atoms with Crippen molar-refractivity contribution in [2.75, 3.05) is 32.8 Å². The van der Waals surface area contributed by atoms with E-state index in [9.17, 15) is 5.11 Å². The van der Waals surface area contributed by atoms with Crippen molar-refractivity contribution in [2.45, 2.75) is 32.3 Å². The van der Waals surface area contributed by atoms with Crippen molar-refractivity contribution < 1.29 is 14.3 Å². The van der Waals surface area contributed by atoms with E-state index in [0.717, 1.165) is 32.5 Å². The lowest BCUT2D eigenvalue weighted by atomic mass is 10.0. The molecule has 0 fully saturated rings. The summed E-state index contributed by atoms with van der Waals surface area (Å²) in [5.74, 6) is 1.18. The van der Waals surface area contributed by atoms with Crippen molar-refractivity contribution in [1.29, 1.82) is 0 Å². The highest BCUT2D eigenvalue weighted by molar-refractivity contribution is 14.0. The molecule has 2 aromatic rings. The third-order valence-corrected chi connectivity index (χ3v) is 4.08. The molecule has 0 bridgehead atoms. The maximum Gasteiger partial charge on any atom is 0.191 e. The second kappa shape index (κ2) is 13.6. The average molecular weight is 501 g/mol. The second-order valence-electron chi connectivity index (χ2n) is 6.57. The van der Waals surface area contributed by atoms with Gasteiger partial charge in [0, 0.05) is 19.7 Å².